The van der Waals surface area contributed by atoms with Crippen LogP contribution in [0, 0.1) is 6.92 Å². The molecule has 2 nitrogen and oxygen atoms in total. The van der Waals surface area contributed by atoms with Crippen molar-refractivity contribution >= 4 is 0 Å². The van der Waals surface area contributed by atoms with Gasteiger partial charge in [0, 0.05) is 12.1 Å². The maximum absolute atomic E-state index is 6.15. The molecule has 0 spiro atoms. The lowest BCUT2D eigenvalue weighted by molar-refractivity contribution is -0.0212. The number of rotatable bonds is 3. The van der Waals surface area contributed by atoms with Gasteiger partial charge < -0.3 is 9.64 Å². The lowest BCUT2D eigenvalue weighted by Gasteiger charge is -2.36. The Labute approximate surface area is 110 Å². The van der Waals surface area contributed by atoms with Gasteiger partial charge in [-0.1, -0.05) is 24.3 Å². The molecule has 0 saturated carbocycles. The fourth-order valence-electron chi connectivity index (χ4n) is 3.48. The topological polar surface area (TPSA) is 12.5 Å². The van der Waals surface area contributed by atoms with E-state index in [2.05, 4.69) is 43.1 Å². The minimum atomic E-state index is 0.471. The van der Waals surface area contributed by atoms with E-state index >= 15 is 0 Å². The zero-order chi connectivity index (χ0) is 12.5. The molecule has 2 aliphatic rings. The molecule has 3 rings (SSSR count). The normalized spacial score (nSPS) is 31.8. The molecule has 1 aromatic carbocycles. The van der Waals surface area contributed by atoms with Crippen LogP contribution in [0.4, 0.5) is 0 Å². The quantitative estimate of drug-likeness (QED) is 0.811. The maximum Gasteiger partial charge on any atom is 0.0723 e. The zero-order valence-electron chi connectivity index (χ0n) is 11.4. The van der Waals surface area contributed by atoms with Crippen molar-refractivity contribution in [3.8, 4) is 0 Å². The number of hydrogen-bond acceptors (Lipinski definition) is 2. The third kappa shape index (κ3) is 2.32. The molecule has 0 amide bonds. The molecule has 18 heavy (non-hydrogen) atoms. The summed E-state index contributed by atoms with van der Waals surface area (Å²) in [6, 6.07) is 10.1. The van der Waals surface area contributed by atoms with Crippen LogP contribution in [0.5, 0.6) is 0 Å². The fraction of sp³-hybridized carbons (Fsp3) is 0.625. The molecule has 98 valence electrons. The van der Waals surface area contributed by atoms with Crippen molar-refractivity contribution in [2.75, 3.05) is 7.05 Å². The summed E-state index contributed by atoms with van der Waals surface area (Å²) in [6.07, 6.45) is 5.65. The van der Waals surface area contributed by atoms with E-state index in [-0.39, 0.29) is 0 Å². The van der Waals surface area contributed by atoms with E-state index in [1.54, 1.807) is 0 Å². The monoisotopic (exact) mass is 245 g/mol. The van der Waals surface area contributed by atoms with Crippen molar-refractivity contribution in [3.63, 3.8) is 0 Å². The van der Waals surface area contributed by atoms with Crippen LogP contribution < -0.4 is 0 Å². The maximum atomic E-state index is 6.15. The van der Waals surface area contributed by atoms with Crippen LogP contribution in [0.1, 0.15) is 36.8 Å². The number of piperidine rings is 1. The molecule has 2 bridgehead atoms. The third-order valence-corrected chi connectivity index (χ3v) is 4.79. The van der Waals surface area contributed by atoms with E-state index in [0.717, 1.165) is 18.7 Å². The van der Waals surface area contributed by atoms with Crippen LogP contribution in [0.3, 0.4) is 0 Å². The van der Waals surface area contributed by atoms with Crippen LogP contribution in [0.2, 0.25) is 0 Å². The Kier molecular flexibility index (Phi) is 3.40. The average Bonchev–Trinajstić information content (AvgIpc) is 2.62. The Morgan fingerprint density at radius 1 is 1.17 bits per heavy atom. The molecule has 0 aromatic heterocycles. The van der Waals surface area contributed by atoms with Crippen LogP contribution >= 0.6 is 0 Å². The van der Waals surface area contributed by atoms with Gasteiger partial charge in [0.2, 0.25) is 0 Å². The smallest absolute Gasteiger partial charge is 0.0723 e. The van der Waals surface area contributed by atoms with Gasteiger partial charge >= 0.3 is 0 Å². The lowest BCUT2D eigenvalue weighted by Crippen LogP contribution is -2.42. The standard InChI is InChI=1S/C16H23NO/c1-12-5-3-4-6-13(12)11-18-16-9-14-7-8-15(10-16)17(14)2/h3-6,14-16H,7-11H2,1-2H3. The Bertz CT molecular complexity index is 403. The highest BCUT2D eigenvalue weighted by molar-refractivity contribution is 5.24. The van der Waals surface area contributed by atoms with Crippen molar-refractivity contribution in [2.45, 2.75) is 57.4 Å². The van der Waals surface area contributed by atoms with E-state index in [4.69, 9.17) is 4.74 Å². The van der Waals surface area contributed by atoms with E-state index in [1.807, 2.05) is 0 Å². The summed E-state index contributed by atoms with van der Waals surface area (Å²) in [7, 11) is 2.28. The summed E-state index contributed by atoms with van der Waals surface area (Å²) in [4.78, 5) is 2.56. The molecular weight excluding hydrogens is 222 g/mol. The second kappa shape index (κ2) is 5.02. The predicted molar refractivity (Wildman–Crippen MR) is 73.6 cm³/mol. The van der Waals surface area contributed by atoms with Crippen molar-refractivity contribution < 1.29 is 4.74 Å². The van der Waals surface area contributed by atoms with Gasteiger partial charge in [0.05, 0.1) is 12.7 Å². The Morgan fingerprint density at radius 2 is 1.83 bits per heavy atom. The molecule has 0 radical (unpaired) electrons. The minimum absolute atomic E-state index is 0.471. The van der Waals surface area contributed by atoms with Gasteiger partial charge in [-0.15, -0.1) is 0 Å². The molecular formula is C16H23NO. The highest BCUT2D eigenvalue weighted by atomic mass is 16.5. The average molecular weight is 245 g/mol. The van der Waals surface area contributed by atoms with Gasteiger partial charge in [0.15, 0.2) is 0 Å². The van der Waals surface area contributed by atoms with Crippen molar-refractivity contribution in [3.05, 3.63) is 35.4 Å². The molecule has 0 aliphatic carbocycles. The second-order valence-corrected chi connectivity index (χ2v) is 5.88. The van der Waals surface area contributed by atoms with Gasteiger partial charge in [-0.3, -0.25) is 0 Å². The van der Waals surface area contributed by atoms with E-state index < -0.39 is 0 Å². The molecule has 2 heteroatoms. The summed E-state index contributed by atoms with van der Waals surface area (Å²) < 4.78 is 6.15. The van der Waals surface area contributed by atoms with Gasteiger partial charge in [-0.25, -0.2) is 0 Å². The number of hydrogen-bond donors (Lipinski definition) is 0. The van der Waals surface area contributed by atoms with Gasteiger partial charge in [-0.2, -0.15) is 0 Å². The minimum Gasteiger partial charge on any atom is -0.373 e. The van der Waals surface area contributed by atoms with Crippen molar-refractivity contribution in [2.24, 2.45) is 0 Å². The number of nitrogens with zero attached hydrogens (tertiary/aromatic N) is 1. The first-order valence-electron chi connectivity index (χ1n) is 7.12. The number of fused-ring (bicyclic) bond motifs is 2. The summed E-state index contributed by atoms with van der Waals surface area (Å²) in [5.41, 5.74) is 2.68. The molecule has 2 fully saturated rings. The Hall–Kier alpha value is -0.860. The van der Waals surface area contributed by atoms with E-state index in [9.17, 15) is 0 Å². The highest BCUT2D eigenvalue weighted by Crippen LogP contribution is 2.35. The zero-order valence-corrected chi connectivity index (χ0v) is 11.4. The Morgan fingerprint density at radius 3 is 2.50 bits per heavy atom. The molecule has 2 saturated heterocycles. The first kappa shape index (κ1) is 12.2. The van der Waals surface area contributed by atoms with Crippen LogP contribution in [-0.4, -0.2) is 30.1 Å². The second-order valence-electron chi connectivity index (χ2n) is 5.88. The van der Waals surface area contributed by atoms with Gasteiger partial charge in [0.25, 0.3) is 0 Å². The first-order chi connectivity index (χ1) is 8.74. The van der Waals surface area contributed by atoms with Crippen molar-refractivity contribution in [1.29, 1.82) is 0 Å². The summed E-state index contributed by atoms with van der Waals surface area (Å²) >= 11 is 0. The lowest BCUT2D eigenvalue weighted by atomic mass is 10.0. The van der Waals surface area contributed by atoms with Gasteiger partial charge in [0.1, 0.15) is 0 Å². The molecule has 2 aliphatic heterocycles. The molecule has 2 heterocycles. The number of ether oxygens (including phenoxy) is 1. The number of benzene rings is 1. The highest BCUT2D eigenvalue weighted by Gasteiger charge is 2.38. The van der Waals surface area contributed by atoms with Crippen LogP contribution in [0.25, 0.3) is 0 Å². The SMILES string of the molecule is Cc1ccccc1COC1CC2CCC(C1)N2C. The number of aryl methyl sites for hydroxylation is 1. The largest absolute Gasteiger partial charge is 0.373 e. The van der Waals surface area contributed by atoms with E-state index in [0.29, 0.717) is 6.10 Å². The first-order valence-corrected chi connectivity index (χ1v) is 7.12. The summed E-state index contributed by atoms with van der Waals surface area (Å²) in [5, 5.41) is 0. The Balaban J connectivity index is 1.57. The van der Waals surface area contributed by atoms with Crippen LogP contribution in [-0.2, 0) is 11.3 Å². The van der Waals surface area contributed by atoms with Crippen LogP contribution in [0.15, 0.2) is 24.3 Å². The van der Waals surface area contributed by atoms with E-state index in [1.165, 1.54) is 36.8 Å². The summed E-state index contributed by atoms with van der Waals surface area (Å²) in [5.74, 6) is 0. The third-order valence-electron chi connectivity index (χ3n) is 4.79. The summed E-state index contributed by atoms with van der Waals surface area (Å²) in [6.45, 7) is 2.94. The molecule has 1 aromatic rings. The molecule has 0 N–H and O–H groups in total. The van der Waals surface area contributed by atoms with Gasteiger partial charge in [-0.05, 0) is 50.8 Å². The predicted octanol–water partition coefficient (Wildman–Crippen LogP) is 3.14. The molecule has 2 unspecified atom stereocenters. The van der Waals surface area contributed by atoms with Crippen molar-refractivity contribution in [1.82, 2.24) is 4.90 Å². The molecule has 2 atom stereocenters. The fourth-order valence-corrected chi connectivity index (χ4v) is 3.48.